The molecule has 0 radical (unpaired) electrons. The van der Waals surface area contributed by atoms with Crippen LogP contribution >= 0.6 is 28.1 Å². The Bertz CT molecular complexity index is 440. The zero-order chi connectivity index (χ0) is 13.4. The van der Waals surface area contributed by atoms with Crippen molar-refractivity contribution in [1.82, 2.24) is 10.7 Å². The molecule has 98 valence electrons. The Labute approximate surface area is 119 Å². The van der Waals surface area contributed by atoms with Crippen LogP contribution in [0.3, 0.4) is 0 Å². The number of ether oxygens (including phenoxy) is 1. The fourth-order valence-corrected chi connectivity index (χ4v) is 1.63. The number of halogens is 1. The van der Waals surface area contributed by atoms with Gasteiger partial charge in [-0.15, -0.1) is 0 Å². The molecule has 0 aromatic heterocycles. The van der Waals surface area contributed by atoms with Crippen molar-refractivity contribution in [2.45, 2.75) is 0 Å². The number of phenolic OH excluding ortho intramolecular Hbond substituents is 1. The average Bonchev–Trinajstić information content (AvgIpc) is 2.34. The van der Waals surface area contributed by atoms with Crippen molar-refractivity contribution < 1.29 is 9.84 Å². The van der Waals surface area contributed by atoms with Gasteiger partial charge < -0.3 is 15.2 Å². The van der Waals surface area contributed by atoms with Crippen molar-refractivity contribution in [2.24, 2.45) is 5.10 Å². The summed E-state index contributed by atoms with van der Waals surface area (Å²) in [6.07, 6.45) is 1.49. The fourth-order valence-electron chi connectivity index (χ4n) is 1.10. The quantitative estimate of drug-likeness (QED) is 0.331. The molecule has 0 aliphatic heterocycles. The number of nitrogens with one attached hydrogen (secondary N) is 2. The van der Waals surface area contributed by atoms with E-state index in [4.69, 9.17) is 17.0 Å². The highest BCUT2D eigenvalue weighted by molar-refractivity contribution is 9.10. The van der Waals surface area contributed by atoms with Crippen LogP contribution in [0.1, 0.15) is 5.56 Å². The summed E-state index contributed by atoms with van der Waals surface area (Å²) >= 11 is 8.29. The number of nitrogens with zero attached hydrogens (tertiary/aromatic N) is 1. The predicted octanol–water partition coefficient (Wildman–Crippen LogP) is 1.60. The van der Waals surface area contributed by atoms with Gasteiger partial charge in [0.25, 0.3) is 0 Å². The highest BCUT2D eigenvalue weighted by Gasteiger charge is 1.98. The van der Waals surface area contributed by atoms with E-state index >= 15 is 0 Å². The summed E-state index contributed by atoms with van der Waals surface area (Å²) in [7, 11) is 1.62. The third kappa shape index (κ3) is 5.44. The first-order chi connectivity index (χ1) is 8.63. The summed E-state index contributed by atoms with van der Waals surface area (Å²) in [6, 6.07) is 5.08. The third-order valence-electron chi connectivity index (χ3n) is 1.95. The minimum absolute atomic E-state index is 0.155. The Morgan fingerprint density at radius 3 is 3.11 bits per heavy atom. The second kappa shape index (κ2) is 8.02. The second-order valence-corrected chi connectivity index (χ2v) is 4.65. The van der Waals surface area contributed by atoms with E-state index < -0.39 is 0 Å². The summed E-state index contributed by atoms with van der Waals surface area (Å²) < 4.78 is 5.73. The maximum absolute atomic E-state index is 9.57. The number of rotatable bonds is 5. The van der Waals surface area contributed by atoms with Crippen LogP contribution in [0.2, 0.25) is 0 Å². The standard InChI is InChI=1S/C11H14BrN3O2S/c1-17-5-4-13-11(18)15-14-7-8-6-9(12)2-3-10(8)16/h2-3,6-7,16H,4-5H2,1H3,(H2,13,15,18)/b14-7+. The summed E-state index contributed by atoms with van der Waals surface area (Å²) in [5.74, 6) is 0.155. The van der Waals surface area contributed by atoms with E-state index in [1.54, 1.807) is 25.3 Å². The van der Waals surface area contributed by atoms with Crippen molar-refractivity contribution in [2.75, 3.05) is 20.3 Å². The number of hydrogen-bond acceptors (Lipinski definition) is 4. The molecule has 0 aliphatic carbocycles. The van der Waals surface area contributed by atoms with Crippen LogP contribution in [0.15, 0.2) is 27.8 Å². The molecule has 0 saturated carbocycles. The van der Waals surface area contributed by atoms with Gasteiger partial charge in [0.15, 0.2) is 5.11 Å². The number of benzene rings is 1. The summed E-state index contributed by atoms with van der Waals surface area (Å²) in [5.41, 5.74) is 3.24. The van der Waals surface area contributed by atoms with E-state index in [0.29, 0.717) is 23.8 Å². The molecule has 1 aromatic rings. The lowest BCUT2D eigenvalue weighted by Crippen LogP contribution is -2.34. The molecule has 0 atom stereocenters. The molecule has 0 heterocycles. The highest BCUT2D eigenvalue weighted by atomic mass is 79.9. The number of hydrogen-bond donors (Lipinski definition) is 3. The molecular formula is C11H14BrN3O2S. The lowest BCUT2D eigenvalue weighted by Gasteiger charge is -2.05. The van der Waals surface area contributed by atoms with E-state index in [1.165, 1.54) is 6.21 Å². The lowest BCUT2D eigenvalue weighted by molar-refractivity contribution is 0.204. The molecule has 0 fully saturated rings. The van der Waals surface area contributed by atoms with Crippen LogP contribution in [0.4, 0.5) is 0 Å². The first-order valence-corrected chi connectivity index (χ1v) is 6.38. The van der Waals surface area contributed by atoms with Crippen molar-refractivity contribution in [3.05, 3.63) is 28.2 Å². The van der Waals surface area contributed by atoms with Crippen LogP contribution in [-0.4, -0.2) is 36.7 Å². The Balaban J connectivity index is 2.44. The molecule has 0 spiro atoms. The van der Waals surface area contributed by atoms with Crippen LogP contribution in [0, 0.1) is 0 Å². The SMILES string of the molecule is COCCNC(=S)N/N=C/c1cc(Br)ccc1O. The van der Waals surface area contributed by atoms with Gasteiger partial charge in [0.2, 0.25) is 0 Å². The van der Waals surface area contributed by atoms with Gasteiger partial charge in [-0.05, 0) is 30.4 Å². The van der Waals surface area contributed by atoms with E-state index in [9.17, 15) is 5.11 Å². The Morgan fingerprint density at radius 1 is 1.61 bits per heavy atom. The smallest absolute Gasteiger partial charge is 0.187 e. The fraction of sp³-hybridized carbons (Fsp3) is 0.273. The Hall–Kier alpha value is -1.18. The van der Waals surface area contributed by atoms with Crippen LogP contribution in [0.5, 0.6) is 5.75 Å². The number of phenols is 1. The summed E-state index contributed by atoms with van der Waals surface area (Å²) in [4.78, 5) is 0. The Morgan fingerprint density at radius 2 is 2.39 bits per heavy atom. The van der Waals surface area contributed by atoms with Crippen LogP contribution < -0.4 is 10.7 Å². The van der Waals surface area contributed by atoms with Gasteiger partial charge in [-0.3, -0.25) is 5.43 Å². The largest absolute Gasteiger partial charge is 0.507 e. The first-order valence-electron chi connectivity index (χ1n) is 5.18. The summed E-state index contributed by atoms with van der Waals surface area (Å²) in [5, 5.41) is 16.8. The minimum atomic E-state index is 0.155. The predicted molar refractivity (Wildman–Crippen MR) is 79.0 cm³/mol. The maximum Gasteiger partial charge on any atom is 0.187 e. The van der Waals surface area contributed by atoms with Gasteiger partial charge in [0.05, 0.1) is 12.8 Å². The van der Waals surface area contributed by atoms with Crippen LogP contribution in [0.25, 0.3) is 0 Å². The van der Waals surface area contributed by atoms with E-state index in [1.807, 2.05) is 0 Å². The van der Waals surface area contributed by atoms with Gasteiger partial charge in [-0.25, -0.2) is 0 Å². The first kappa shape index (κ1) is 14.9. The molecule has 5 nitrogen and oxygen atoms in total. The lowest BCUT2D eigenvalue weighted by atomic mass is 10.2. The summed E-state index contributed by atoms with van der Waals surface area (Å²) in [6.45, 7) is 1.18. The van der Waals surface area contributed by atoms with Gasteiger partial charge in [0, 0.05) is 23.7 Å². The molecule has 1 rings (SSSR count). The monoisotopic (exact) mass is 331 g/mol. The van der Waals surface area contributed by atoms with E-state index in [-0.39, 0.29) is 5.75 Å². The molecule has 1 aromatic carbocycles. The second-order valence-electron chi connectivity index (χ2n) is 3.32. The highest BCUT2D eigenvalue weighted by Crippen LogP contribution is 2.19. The molecule has 18 heavy (non-hydrogen) atoms. The topological polar surface area (TPSA) is 65.9 Å². The normalized spacial score (nSPS) is 10.6. The molecule has 3 N–H and O–H groups in total. The molecule has 0 saturated heterocycles. The zero-order valence-corrected chi connectivity index (χ0v) is 12.2. The van der Waals surface area contributed by atoms with E-state index in [0.717, 1.165) is 4.47 Å². The number of aromatic hydroxyl groups is 1. The van der Waals surface area contributed by atoms with Gasteiger partial charge >= 0.3 is 0 Å². The maximum atomic E-state index is 9.57. The third-order valence-corrected chi connectivity index (χ3v) is 2.68. The van der Waals surface area contributed by atoms with Crippen molar-refractivity contribution in [3.8, 4) is 5.75 Å². The molecular weight excluding hydrogens is 318 g/mol. The van der Waals surface area contributed by atoms with Gasteiger partial charge in [0.1, 0.15) is 5.75 Å². The number of hydrazone groups is 1. The number of thiocarbonyl (C=S) groups is 1. The number of methoxy groups -OCH3 is 1. The van der Waals surface area contributed by atoms with Crippen molar-refractivity contribution in [3.63, 3.8) is 0 Å². The average molecular weight is 332 g/mol. The molecule has 0 unspecified atom stereocenters. The molecule has 7 heteroatoms. The van der Waals surface area contributed by atoms with Crippen LogP contribution in [-0.2, 0) is 4.74 Å². The molecule has 0 amide bonds. The zero-order valence-electron chi connectivity index (χ0n) is 9.81. The van der Waals surface area contributed by atoms with Gasteiger partial charge in [-0.2, -0.15) is 5.10 Å². The Kier molecular flexibility index (Phi) is 6.63. The van der Waals surface area contributed by atoms with E-state index in [2.05, 4.69) is 31.8 Å². The molecule has 0 bridgehead atoms. The molecule has 0 aliphatic rings. The van der Waals surface area contributed by atoms with Gasteiger partial charge in [-0.1, -0.05) is 15.9 Å². The van der Waals surface area contributed by atoms with Crippen molar-refractivity contribution >= 4 is 39.5 Å². The minimum Gasteiger partial charge on any atom is -0.507 e. The van der Waals surface area contributed by atoms with Crippen molar-refractivity contribution in [1.29, 1.82) is 0 Å².